The lowest BCUT2D eigenvalue weighted by Gasteiger charge is -2.06. The summed E-state index contributed by atoms with van der Waals surface area (Å²) in [6.45, 7) is 0. The van der Waals surface area contributed by atoms with E-state index in [1.807, 2.05) is 0 Å². The van der Waals surface area contributed by atoms with Gasteiger partial charge >= 0.3 is 0 Å². The van der Waals surface area contributed by atoms with Gasteiger partial charge in [0.25, 0.3) is 0 Å². The Bertz CT molecular complexity index is 607. The normalized spacial score (nSPS) is 10.3. The van der Waals surface area contributed by atoms with Crippen molar-refractivity contribution in [2.45, 2.75) is 0 Å². The molecule has 0 aliphatic carbocycles. The van der Waals surface area contributed by atoms with Crippen molar-refractivity contribution in [2.24, 2.45) is 5.73 Å². The van der Waals surface area contributed by atoms with E-state index in [1.165, 1.54) is 12.4 Å². The molecule has 4 nitrogen and oxygen atoms in total. The summed E-state index contributed by atoms with van der Waals surface area (Å²) < 4.78 is 38.7. The first-order chi connectivity index (χ1) is 8.97. The zero-order valence-electron chi connectivity index (χ0n) is 9.32. The molecule has 1 aromatic heterocycles. The molecule has 0 saturated carbocycles. The van der Waals surface area contributed by atoms with Crippen LogP contribution in [0.2, 0.25) is 0 Å². The van der Waals surface area contributed by atoms with Gasteiger partial charge in [0.2, 0.25) is 0 Å². The maximum atomic E-state index is 13.0. The molecule has 0 bridgehead atoms. The Morgan fingerprint density at radius 3 is 2.21 bits per heavy atom. The fourth-order valence-electron chi connectivity index (χ4n) is 1.30. The molecule has 19 heavy (non-hydrogen) atoms. The summed E-state index contributed by atoms with van der Waals surface area (Å²) >= 11 is 4.70. The van der Waals surface area contributed by atoms with Crippen molar-refractivity contribution in [3.63, 3.8) is 0 Å². The molecule has 2 aromatic rings. The number of benzene rings is 1. The molecule has 0 radical (unpaired) electrons. The molecule has 98 valence electrons. The smallest absolute Gasteiger partial charge is 0.194 e. The van der Waals surface area contributed by atoms with E-state index in [1.54, 1.807) is 0 Å². The molecule has 3 N–H and O–H groups in total. The number of rotatable bonds is 3. The van der Waals surface area contributed by atoms with Crippen LogP contribution in [0.5, 0.6) is 0 Å². The third-order valence-electron chi connectivity index (χ3n) is 2.16. The lowest BCUT2D eigenvalue weighted by molar-refractivity contribution is 0.448. The van der Waals surface area contributed by atoms with Gasteiger partial charge in [0.15, 0.2) is 17.5 Å². The molecule has 0 aliphatic heterocycles. The Balaban J connectivity index is 2.24. The molecule has 1 heterocycles. The number of halogens is 3. The van der Waals surface area contributed by atoms with Crippen molar-refractivity contribution < 1.29 is 13.2 Å². The number of thiocarbonyl (C=S) groups is 1. The van der Waals surface area contributed by atoms with Crippen molar-refractivity contribution >= 4 is 28.7 Å². The molecule has 0 spiro atoms. The summed E-state index contributed by atoms with van der Waals surface area (Å²) in [5, 5.41) is 2.57. The van der Waals surface area contributed by atoms with Gasteiger partial charge in [-0.05, 0) is 0 Å². The summed E-state index contributed by atoms with van der Waals surface area (Å²) in [4.78, 5) is 7.86. The minimum Gasteiger partial charge on any atom is -0.388 e. The molecule has 1 aromatic carbocycles. The highest BCUT2D eigenvalue weighted by molar-refractivity contribution is 7.80. The largest absolute Gasteiger partial charge is 0.388 e. The summed E-state index contributed by atoms with van der Waals surface area (Å²) in [7, 11) is 0. The second-order valence-electron chi connectivity index (χ2n) is 3.53. The first-order valence-electron chi connectivity index (χ1n) is 5.01. The lowest BCUT2D eigenvalue weighted by atomic mass is 10.3. The highest BCUT2D eigenvalue weighted by Crippen LogP contribution is 2.20. The van der Waals surface area contributed by atoms with E-state index < -0.39 is 17.5 Å². The molecule has 0 fully saturated rings. The summed E-state index contributed by atoms with van der Waals surface area (Å²) in [5.41, 5.74) is 5.67. The van der Waals surface area contributed by atoms with Gasteiger partial charge in [0, 0.05) is 17.8 Å². The molecule has 0 amide bonds. The Morgan fingerprint density at radius 1 is 1.11 bits per heavy atom. The molecule has 0 unspecified atom stereocenters. The van der Waals surface area contributed by atoms with Gasteiger partial charge in [-0.2, -0.15) is 0 Å². The van der Waals surface area contributed by atoms with Gasteiger partial charge in [-0.25, -0.2) is 23.1 Å². The van der Waals surface area contributed by atoms with Crippen LogP contribution in [0.1, 0.15) is 5.69 Å². The second-order valence-corrected chi connectivity index (χ2v) is 3.97. The summed E-state index contributed by atoms with van der Waals surface area (Å²) in [5.74, 6) is -3.91. The third-order valence-corrected chi connectivity index (χ3v) is 2.37. The molecule has 0 saturated heterocycles. The second kappa shape index (κ2) is 5.19. The average molecular weight is 284 g/mol. The van der Waals surface area contributed by atoms with E-state index in [0.29, 0.717) is 5.69 Å². The van der Waals surface area contributed by atoms with Crippen molar-refractivity contribution in [2.75, 3.05) is 5.32 Å². The zero-order chi connectivity index (χ0) is 14.0. The van der Waals surface area contributed by atoms with Gasteiger partial charge < -0.3 is 11.1 Å². The summed E-state index contributed by atoms with van der Waals surface area (Å²) in [6.07, 6.45) is 2.59. The number of nitrogens with one attached hydrogen (secondary N) is 1. The number of anilines is 2. The number of hydrogen-bond donors (Lipinski definition) is 2. The van der Waals surface area contributed by atoms with Crippen molar-refractivity contribution in [3.8, 4) is 0 Å². The fourth-order valence-corrected chi connectivity index (χ4v) is 1.40. The van der Waals surface area contributed by atoms with Crippen LogP contribution in [0, 0.1) is 17.5 Å². The van der Waals surface area contributed by atoms with Crippen molar-refractivity contribution in [1.29, 1.82) is 0 Å². The Kier molecular flexibility index (Phi) is 3.61. The molecule has 8 heteroatoms. The van der Waals surface area contributed by atoms with E-state index in [-0.39, 0.29) is 16.5 Å². The van der Waals surface area contributed by atoms with Crippen molar-refractivity contribution in [1.82, 2.24) is 9.97 Å². The number of nitrogens with zero attached hydrogens (tertiary/aromatic N) is 2. The topological polar surface area (TPSA) is 63.8 Å². The van der Waals surface area contributed by atoms with Gasteiger partial charge in [-0.3, -0.25) is 0 Å². The van der Waals surface area contributed by atoms with Crippen LogP contribution in [-0.2, 0) is 0 Å². The standard InChI is InChI=1S/C11H7F3N4S/c12-6-1-5(2-7(13)10(6)14)18-9-4-16-8(3-17-9)11(15)19/h1-4H,(H2,15,19)(H,17,18). The van der Waals surface area contributed by atoms with Crippen LogP contribution in [0.3, 0.4) is 0 Å². The van der Waals surface area contributed by atoms with E-state index >= 15 is 0 Å². The molecule has 0 atom stereocenters. The van der Waals surface area contributed by atoms with Gasteiger partial charge in [-0.1, -0.05) is 12.2 Å². The van der Waals surface area contributed by atoms with E-state index in [4.69, 9.17) is 18.0 Å². The Labute approximate surface area is 111 Å². The Morgan fingerprint density at radius 2 is 1.74 bits per heavy atom. The van der Waals surface area contributed by atoms with Gasteiger partial charge in [-0.15, -0.1) is 0 Å². The van der Waals surface area contributed by atoms with E-state index in [0.717, 1.165) is 12.1 Å². The lowest BCUT2D eigenvalue weighted by Crippen LogP contribution is -2.12. The quantitative estimate of drug-likeness (QED) is 0.668. The fraction of sp³-hybridized carbons (Fsp3) is 0. The van der Waals surface area contributed by atoms with Crippen LogP contribution in [0.15, 0.2) is 24.5 Å². The molecular formula is C11H7F3N4S. The predicted octanol–water partition coefficient (Wildman–Crippen LogP) is 2.27. The van der Waals surface area contributed by atoms with Gasteiger partial charge in [0.05, 0.1) is 12.4 Å². The third kappa shape index (κ3) is 2.97. The van der Waals surface area contributed by atoms with Crippen LogP contribution >= 0.6 is 12.2 Å². The highest BCUT2D eigenvalue weighted by Gasteiger charge is 2.11. The van der Waals surface area contributed by atoms with Gasteiger partial charge in [0.1, 0.15) is 16.5 Å². The van der Waals surface area contributed by atoms with E-state index in [2.05, 4.69) is 15.3 Å². The zero-order valence-corrected chi connectivity index (χ0v) is 10.1. The first kappa shape index (κ1) is 13.2. The number of aromatic nitrogens is 2. The number of hydrogen-bond acceptors (Lipinski definition) is 4. The molecular weight excluding hydrogens is 277 g/mol. The minimum atomic E-state index is -1.53. The average Bonchev–Trinajstić information content (AvgIpc) is 2.36. The predicted molar refractivity (Wildman–Crippen MR) is 67.5 cm³/mol. The van der Waals surface area contributed by atoms with Crippen LogP contribution < -0.4 is 11.1 Å². The minimum absolute atomic E-state index is 0.00813. The SMILES string of the molecule is NC(=S)c1cnc(Nc2cc(F)c(F)c(F)c2)cn1. The molecule has 0 aliphatic rings. The maximum absolute atomic E-state index is 13.0. The van der Waals surface area contributed by atoms with Crippen molar-refractivity contribution in [3.05, 3.63) is 47.7 Å². The van der Waals surface area contributed by atoms with Crippen LogP contribution in [-0.4, -0.2) is 15.0 Å². The molecule has 2 rings (SSSR count). The van der Waals surface area contributed by atoms with Crippen LogP contribution in [0.4, 0.5) is 24.7 Å². The summed E-state index contributed by atoms with van der Waals surface area (Å²) in [6, 6.07) is 1.61. The monoisotopic (exact) mass is 284 g/mol. The van der Waals surface area contributed by atoms with E-state index in [9.17, 15) is 13.2 Å². The van der Waals surface area contributed by atoms with Crippen LogP contribution in [0.25, 0.3) is 0 Å². The highest BCUT2D eigenvalue weighted by atomic mass is 32.1. The maximum Gasteiger partial charge on any atom is 0.194 e. The number of nitrogens with two attached hydrogens (primary N) is 1. The Hall–Kier alpha value is -2.22. The first-order valence-corrected chi connectivity index (χ1v) is 5.41.